The van der Waals surface area contributed by atoms with E-state index in [-0.39, 0.29) is 0 Å². The molecule has 0 bridgehead atoms. The van der Waals surface area contributed by atoms with Crippen molar-refractivity contribution in [3.8, 4) is 5.69 Å². The lowest BCUT2D eigenvalue weighted by Gasteiger charge is -2.08. The Morgan fingerprint density at radius 2 is 2.05 bits per heavy atom. The highest BCUT2D eigenvalue weighted by molar-refractivity contribution is 6.43. The number of nitrogens with zero attached hydrogens (tertiary/aromatic N) is 6. The molecule has 21 heavy (non-hydrogen) atoms. The number of halogens is 2. The van der Waals surface area contributed by atoms with E-state index in [2.05, 4.69) is 31.0 Å². The molecule has 0 spiro atoms. The summed E-state index contributed by atoms with van der Waals surface area (Å²) in [6.07, 6.45) is 3.28. The van der Waals surface area contributed by atoms with Crippen LogP contribution >= 0.6 is 23.2 Å². The van der Waals surface area contributed by atoms with Crippen molar-refractivity contribution in [2.24, 2.45) is 0 Å². The van der Waals surface area contributed by atoms with Crippen LogP contribution < -0.4 is 5.32 Å². The minimum absolute atomic E-state index is 0.389. The molecule has 0 aliphatic carbocycles. The molecule has 0 amide bonds. The van der Waals surface area contributed by atoms with E-state index in [1.54, 1.807) is 30.6 Å². The molecular weight excluding hydrogens is 313 g/mol. The summed E-state index contributed by atoms with van der Waals surface area (Å²) >= 11 is 12.2. The lowest BCUT2D eigenvalue weighted by Crippen LogP contribution is -2.08. The maximum absolute atomic E-state index is 6.18. The second-order valence-electron chi connectivity index (χ2n) is 4.09. The highest BCUT2D eigenvalue weighted by atomic mass is 35.5. The van der Waals surface area contributed by atoms with Crippen LogP contribution in [0.1, 0.15) is 5.56 Å². The lowest BCUT2D eigenvalue weighted by molar-refractivity contribution is 0.789. The van der Waals surface area contributed by atoms with Gasteiger partial charge in [-0.15, -0.1) is 0 Å². The topological polar surface area (TPSA) is 81.4 Å². The first kappa shape index (κ1) is 13.7. The molecule has 0 unspecified atom stereocenters. The van der Waals surface area contributed by atoms with Crippen molar-refractivity contribution in [1.29, 1.82) is 0 Å². The molecule has 0 radical (unpaired) electrons. The van der Waals surface area contributed by atoms with Crippen molar-refractivity contribution >= 4 is 29.2 Å². The van der Waals surface area contributed by atoms with Crippen molar-refractivity contribution in [1.82, 2.24) is 30.4 Å². The van der Waals surface area contributed by atoms with Crippen molar-refractivity contribution in [3.63, 3.8) is 0 Å². The summed E-state index contributed by atoms with van der Waals surface area (Å²) in [5.74, 6) is 0.455. The second kappa shape index (κ2) is 6.02. The Kier molecular flexibility index (Phi) is 3.94. The van der Waals surface area contributed by atoms with Gasteiger partial charge in [0.1, 0.15) is 0 Å². The third-order valence-corrected chi connectivity index (χ3v) is 3.53. The number of nitrogens with one attached hydrogen (secondary N) is 1. The van der Waals surface area contributed by atoms with E-state index in [4.69, 9.17) is 23.2 Å². The van der Waals surface area contributed by atoms with Crippen LogP contribution in [0.5, 0.6) is 0 Å². The Balaban J connectivity index is 1.86. The molecule has 2 heterocycles. The van der Waals surface area contributed by atoms with Crippen LogP contribution in [0.3, 0.4) is 0 Å². The molecule has 0 fully saturated rings. The Morgan fingerprint density at radius 3 is 2.86 bits per heavy atom. The number of aromatic nitrogens is 6. The third-order valence-electron chi connectivity index (χ3n) is 2.73. The summed E-state index contributed by atoms with van der Waals surface area (Å²) in [4.78, 5) is 0. The number of benzene rings is 1. The quantitative estimate of drug-likeness (QED) is 0.794. The van der Waals surface area contributed by atoms with Crippen LogP contribution in [-0.4, -0.2) is 30.4 Å². The minimum atomic E-state index is 0.389. The SMILES string of the molecule is Clc1cccc(-n2nnnc2NCc2ccnnc2)c1Cl. The van der Waals surface area contributed by atoms with Gasteiger partial charge in [-0.1, -0.05) is 34.4 Å². The number of rotatable bonds is 4. The van der Waals surface area contributed by atoms with Gasteiger partial charge in [0.2, 0.25) is 5.95 Å². The first-order chi connectivity index (χ1) is 10.3. The zero-order valence-corrected chi connectivity index (χ0v) is 12.1. The van der Waals surface area contributed by atoms with Gasteiger partial charge in [-0.25, -0.2) is 0 Å². The van der Waals surface area contributed by atoms with E-state index >= 15 is 0 Å². The molecule has 0 atom stereocenters. The molecule has 7 nitrogen and oxygen atoms in total. The predicted octanol–water partition coefficient (Wildman–Crippen LogP) is 2.37. The molecule has 0 saturated heterocycles. The molecule has 1 N–H and O–H groups in total. The smallest absolute Gasteiger partial charge is 0.248 e. The summed E-state index contributed by atoms with van der Waals surface area (Å²) in [5.41, 5.74) is 1.56. The number of anilines is 1. The van der Waals surface area contributed by atoms with Gasteiger partial charge in [0.15, 0.2) is 0 Å². The molecule has 9 heteroatoms. The van der Waals surface area contributed by atoms with E-state index < -0.39 is 0 Å². The fourth-order valence-electron chi connectivity index (χ4n) is 1.72. The van der Waals surface area contributed by atoms with Crippen molar-refractivity contribution in [2.75, 3.05) is 5.32 Å². The van der Waals surface area contributed by atoms with Crippen molar-refractivity contribution in [3.05, 3.63) is 52.3 Å². The Labute approximate surface area is 129 Å². The minimum Gasteiger partial charge on any atom is -0.349 e. The van der Waals surface area contributed by atoms with E-state index in [1.165, 1.54) is 4.68 Å². The van der Waals surface area contributed by atoms with Gasteiger partial charge in [0.25, 0.3) is 0 Å². The first-order valence-electron chi connectivity index (χ1n) is 5.98. The van der Waals surface area contributed by atoms with Crippen molar-refractivity contribution in [2.45, 2.75) is 6.54 Å². The van der Waals surface area contributed by atoms with Crippen LogP contribution in [0.4, 0.5) is 5.95 Å². The number of tetrazole rings is 1. The van der Waals surface area contributed by atoms with E-state index in [0.29, 0.717) is 28.2 Å². The van der Waals surface area contributed by atoms with Crippen LogP contribution in [0.25, 0.3) is 5.69 Å². The molecule has 0 saturated carbocycles. The molecular formula is C12H9Cl2N7. The molecule has 2 aromatic heterocycles. The first-order valence-corrected chi connectivity index (χ1v) is 6.73. The van der Waals surface area contributed by atoms with Gasteiger partial charge in [-0.2, -0.15) is 14.9 Å². The zero-order chi connectivity index (χ0) is 14.7. The summed E-state index contributed by atoms with van der Waals surface area (Å²) in [6, 6.07) is 7.11. The average Bonchev–Trinajstić information content (AvgIpc) is 2.97. The van der Waals surface area contributed by atoms with Crippen LogP contribution in [-0.2, 0) is 6.54 Å². The van der Waals surface area contributed by atoms with Crippen molar-refractivity contribution < 1.29 is 0 Å². The zero-order valence-electron chi connectivity index (χ0n) is 10.6. The highest BCUT2D eigenvalue weighted by Gasteiger charge is 2.12. The highest BCUT2D eigenvalue weighted by Crippen LogP contribution is 2.29. The van der Waals surface area contributed by atoms with Crippen LogP contribution in [0.15, 0.2) is 36.7 Å². The average molecular weight is 322 g/mol. The normalized spacial score (nSPS) is 10.6. The van der Waals surface area contributed by atoms with Gasteiger partial charge >= 0.3 is 0 Å². The number of hydrogen-bond donors (Lipinski definition) is 1. The van der Waals surface area contributed by atoms with Crippen LogP contribution in [0.2, 0.25) is 10.0 Å². The third kappa shape index (κ3) is 2.93. The fraction of sp³-hybridized carbons (Fsp3) is 0.0833. The summed E-state index contributed by atoms with van der Waals surface area (Å²) < 4.78 is 1.49. The van der Waals surface area contributed by atoms with E-state index in [9.17, 15) is 0 Å². The molecule has 0 aliphatic heterocycles. The predicted molar refractivity (Wildman–Crippen MR) is 78.5 cm³/mol. The molecule has 106 valence electrons. The molecule has 1 aromatic carbocycles. The summed E-state index contributed by atoms with van der Waals surface area (Å²) in [7, 11) is 0. The lowest BCUT2D eigenvalue weighted by atomic mass is 10.3. The monoisotopic (exact) mass is 321 g/mol. The largest absolute Gasteiger partial charge is 0.349 e. The molecule has 3 rings (SSSR count). The Morgan fingerprint density at radius 1 is 1.14 bits per heavy atom. The second-order valence-corrected chi connectivity index (χ2v) is 4.88. The Bertz CT molecular complexity index is 744. The maximum Gasteiger partial charge on any atom is 0.248 e. The maximum atomic E-state index is 6.18. The number of hydrogen-bond acceptors (Lipinski definition) is 6. The van der Waals surface area contributed by atoms with Gasteiger partial charge in [0.05, 0.1) is 21.9 Å². The van der Waals surface area contributed by atoms with E-state index in [0.717, 1.165) is 5.56 Å². The standard InChI is InChI=1S/C12H9Cl2N7/c13-9-2-1-3-10(11(9)14)21-12(18-19-20-21)15-6-8-4-5-16-17-7-8/h1-5,7H,6H2,(H,15,18,20). The van der Waals surface area contributed by atoms with E-state index in [1.807, 2.05) is 6.07 Å². The van der Waals surface area contributed by atoms with Gasteiger partial charge < -0.3 is 5.32 Å². The molecule has 3 aromatic rings. The Hall–Kier alpha value is -2.25. The molecule has 0 aliphatic rings. The fourth-order valence-corrected chi connectivity index (χ4v) is 2.09. The van der Waals surface area contributed by atoms with Gasteiger partial charge in [-0.3, -0.25) is 0 Å². The van der Waals surface area contributed by atoms with Gasteiger partial charge in [0, 0.05) is 12.7 Å². The summed E-state index contributed by atoms with van der Waals surface area (Å²) in [6.45, 7) is 0.508. The summed E-state index contributed by atoms with van der Waals surface area (Å²) in [5, 5.41) is 23.0. The van der Waals surface area contributed by atoms with Gasteiger partial charge in [-0.05, 0) is 34.2 Å². The van der Waals surface area contributed by atoms with Crippen LogP contribution in [0, 0.1) is 0 Å².